The Bertz CT molecular complexity index is 288. The molecule has 4 atom stereocenters. The van der Waals surface area contributed by atoms with Crippen molar-refractivity contribution in [1.29, 1.82) is 0 Å². The molecule has 2 unspecified atom stereocenters. The van der Waals surface area contributed by atoms with Crippen molar-refractivity contribution in [3.63, 3.8) is 0 Å². The van der Waals surface area contributed by atoms with Gasteiger partial charge in [-0.2, -0.15) is 10.2 Å². The van der Waals surface area contributed by atoms with Crippen LogP contribution < -0.4 is 0 Å². The third kappa shape index (κ3) is 0.670. The Hall–Kier alpha value is -0.470. The first-order valence-corrected chi connectivity index (χ1v) is 5.33. The second-order valence-electron chi connectivity index (χ2n) is 5.48. The van der Waals surface area contributed by atoms with Crippen LogP contribution in [0.15, 0.2) is 10.2 Å². The number of hydrogen-bond acceptors (Lipinski definition) is 2. The van der Waals surface area contributed by atoms with Crippen LogP contribution in [-0.4, -0.2) is 11.3 Å². The van der Waals surface area contributed by atoms with Gasteiger partial charge in [0.15, 0.2) is 5.66 Å². The zero-order chi connectivity index (χ0) is 8.68. The number of rotatable bonds is 0. The molecule has 2 nitrogen and oxygen atoms in total. The van der Waals surface area contributed by atoms with Crippen molar-refractivity contribution in [3.05, 3.63) is 0 Å². The van der Waals surface area contributed by atoms with Gasteiger partial charge in [-0.1, -0.05) is 0 Å². The van der Waals surface area contributed by atoms with Gasteiger partial charge in [0.1, 0.15) is 5.67 Å². The van der Waals surface area contributed by atoms with Crippen LogP contribution in [0, 0.1) is 17.8 Å². The highest BCUT2D eigenvalue weighted by Crippen LogP contribution is 2.66. The lowest BCUT2D eigenvalue weighted by atomic mass is 9.51. The third-order valence-corrected chi connectivity index (χ3v) is 4.65. The minimum absolute atomic E-state index is 0.0630. The fourth-order valence-electron chi connectivity index (χ4n) is 4.25. The Morgan fingerprint density at radius 3 is 2.08 bits per heavy atom. The van der Waals surface area contributed by atoms with E-state index in [1.807, 2.05) is 0 Å². The topological polar surface area (TPSA) is 24.7 Å². The van der Waals surface area contributed by atoms with Crippen LogP contribution in [0.4, 0.5) is 4.39 Å². The molecule has 5 aliphatic rings. The number of hydrogen-bond donors (Lipinski definition) is 0. The normalized spacial score (nSPS) is 59.0. The molecule has 1 heterocycles. The van der Waals surface area contributed by atoms with E-state index in [0.29, 0.717) is 17.8 Å². The van der Waals surface area contributed by atoms with E-state index in [2.05, 4.69) is 10.2 Å². The molecule has 0 aromatic carbocycles. The highest BCUT2D eigenvalue weighted by atomic mass is 19.1. The zero-order valence-electron chi connectivity index (χ0n) is 7.54. The molecule has 3 heteroatoms. The summed E-state index contributed by atoms with van der Waals surface area (Å²) < 4.78 is 14.2. The number of halogens is 1. The molecule has 4 saturated carbocycles. The first-order valence-electron chi connectivity index (χ1n) is 5.33. The quantitative estimate of drug-likeness (QED) is 0.547. The second kappa shape index (κ2) is 1.69. The summed E-state index contributed by atoms with van der Waals surface area (Å²) in [6.07, 6.45) is 4.69. The van der Waals surface area contributed by atoms with Crippen LogP contribution >= 0.6 is 0 Å². The van der Waals surface area contributed by atoms with Crippen LogP contribution in [0.25, 0.3) is 0 Å². The van der Waals surface area contributed by atoms with Gasteiger partial charge >= 0.3 is 0 Å². The lowest BCUT2D eigenvalue weighted by Gasteiger charge is -2.55. The van der Waals surface area contributed by atoms with Crippen molar-refractivity contribution in [2.45, 2.75) is 43.4 Å². The molecular weight excluding hydrogens is 167 g/mol. The highest BCUT2D eigenvalue weighted by Gasteiger charge is 2.67. The Morgan fingerprint density at radius 1 is 1.00 bits per heavy atom. The third-order valence-electron chi connectivity index (χ3n) is 4.65. The van der Waals surface area contributed by atoms with Crippen molar-refractivity contribution in [2.75, 3.05) is 0 Å². The van der Waals surface area contributed by atoms with E-state index in [9.17, 15) is 4.39 Å². The standard InChI is InChI=1S/C10H13FN2/c11-9-3-6-1-7(4-9)10(12-13-10)8(2-6)5-9/h6-8H,1-5H2/t6?,7-,8+,9?. The summed E-state index contributed by atoms with van der Waals surface area (Å²) in [5.74, 6) is 1.58. The van der Waals surface area contributed by atoms with Gasteiger partial charge in [0.2, 0.25) is 0 Å². The molecule has 5 rings (SSSR count). The summed E-state index contributed by atoms with van der Waals surface area (Å²) in [4.78, 5) is 0. The molecule has 4 aliphatic carbocycles. The molecule has 0 radical (unpaired) electrons. The van der Waals surface area contributed by atoms with Crippen molar-refractivity contribution in [2.24, 2.45) is 28.0 Å². The van der Waals surface area contributed by atoms with Crippen LogP contribution in [0.3, 0.4) is 0 Å². The molecule has 4 bridgehead atoms. The van der Waals surface area contributed by atoms with Crippen molar-refractivity contribution < 1.29 is 4.39 Å². The van der Waals surface area contributed by atoms with E-state index < -0.39 is 5.67 Å². The fraction of sp³-hybridized carbons (Fsp3) is 1.00. The summed E-state index contributed by atoms with van der Waals surface area (Å²) in [6, 6.07) is 0. The van der Waals surface area contributed by atoms with Gasteiger partial charge in [-0.05, 0) is 38.0 Å². The average molecular weight is 180 g/mol. The fourth-order valence-corrected chi connectivity index (χ4v) is 4.25. The summed E-state index contributed by atoms with van der Waals surface area (Å²) in [6.45, 7) is 0. The first kappa shape index (κ1) is 6.91. The monoisotopic (exact) mass is 180 g/mol. The van der Waals surface area contributed by atoms with Gasteiger partial charge in [-0.3, -0.25) is 0 Å². The summed E-state index contributed by atoms with van der Waals surface area (Å²) in [5, 5.41) is 8.44. The summed E-state index contributed by atoms with van der Waals surface area (Å²) in [5.41, 5.74) is -0.887. The number of nitrogens with zero attached hydrogens (tertiary/aromatic N) is 2. The first-order chi connectivity index (χ1) is 6.20. The van der Waals surface area contributed by atoms with Crippen LogP contribution in [0.1, 0.15) is 32.1 Å². The van der Waals surface area contributed by atoms with Crippen molar-refractivity contribution in [1.82, 2.24) is 0 Å². The summed E-state index contributed by atoms with van der Waals surface area (Å²) >= 11 is 0. The molecule has 1 aliphatic heterocycles. The highest BCUT2D eigenvalue weighted by molar-refractivity contribution is 5.18. The maximum atomic E-state index is 14.2. The van der Waals surface area contributed by atoms with Gasteiger partial charge in [0.25, 0.3) is 0 Å². The van der Waals surface area contributed by atoms with E-state index in [1.165, 1.54) is 12.8 Å². The molecule has 0 aromatic heterocycles. The lowest BCUT2D eigenvalue weighted by Crippen LogP contribution is -2.56. The van der Waals surface area contributed by atoms with Crippen LogP contribution in [0.5, 0.6) is 0 Å². The second-order valence-corrected chi connectivity index (χ2v) is 5.48. The van der Waals surface area contributed by atoms with Gasteiger partial charge in [-0.25, -0.2) is 4.39 Å². The molecule has 13 heavy (non-hydrogen) atoms. The van der Waals surface area contributed by atoms with Gasteiger partial charge in [0.05, 0.1) is 0 Å². The van der Waals surface area contributed by atoms with Gasteiger partial charge in [0, 0.05) is 11.8 Å². The van der Waals surface area contributed by atoms with Gasteiger partial charge < -0.3 is 0 Å². The Balaban J connectivity index is 1.79. The molecule has 0 aromatic rings. The Kier molecular flexibility index (Phi) is 0.896. The van der Waals surface area contributed by atoms with Gasteiger partial charge in [-0.15, -0.1) is 0 Å². The molecule has 70 valence electrons. The molecule has 1 spiro atoms. The van der Waals surface area contributed by atoms with E-state index >= 15 is 0 Å². The molecule has 4 fully saturated rings. The van der Waals surface area contributed by atoms with E-state index in [4.69, 9.17) is 0 Å². The zero-order valence-corrected chi connectivity index (χ0v) is 7.54. The molecule has 0 amide bonds. The van der Waals surface area contributed by atoms with E-state index in [0.717, 1.165) is 19.3 Å². The van der Waals surface area contributed by atoms with E-state index in [-0.39, 0.29) is 5.66 Å². The average Bonchev–Trinajstić information content (AvgIpc) is 2.77. The summed E-state index contributed by atoms with van der Waals surface area (Å²) in [7, 11) is 0. The smallest absolute Gasteiger partial charge is 0.196 e. The predicted molar refractivity (Wildman–Crippen MR) is 45.0 cm³/mol. The molecular formula is C10H13FN2. The maximum Gasteiger partial charge on any atom is 0.196 e. The minimum atomic E-state index is -0.824. The number of alkyl halides is 1. The molecule has 0 N–H and O–H groups in total. The minimum Gasteiger partial charge on any atom is -0.244 e. The largest absolute Gasteiger partial charge is 0.244 e. The van der Waals surface area contributed by atoms with Crippen molar-refractivity contribution in [3.8, 4) is 0 Å². The Labute approximate surface area is 76.6 Å². The van der Waals surface area contributed by atoms with Crippen LogP contribution in [0.2, 0.25) is 0 Å². The SMILES string of the molecule is FC12CC3C[C@H](C1)C1(N=N1)[C@@H](C3)C2. The Morgan fingerprint density at radius 2 is 1.62 bits per heavy atom. The maximum absolute atomic E-state index is 14.2. The predicted octanol–water partition coefficient (Wildman–Crippen LogP) is 2.70. The van der Waals surface area contributed by atoms with Crippen LogP contribution in [-0.2, 0) is 0 Å². The van der Waals surface area contributed by atoms with E-state index in [1.54, 1.807) is 0 Å². The van der Waals surface area contributed by atoms with Crippen molar-refractivity contribution >= 4 is 0 Å². The molecule has 0 saturated heterocycles. The lowest BCUT2D eigenvalue weighted by molar-refractivity contribution is -0.0987.